The van der Waals surface area contributed by atoms with Crippen LogP contribution in [0.2, 0.25) is 0 Å². The molecule has 4 rings (SSSR count). The largest absolute Gasteiger partial charge is 0.485 e. The molecule has 28 heavy (non-hydrogen) atoms. The molecule has 0 saturated carbocycles. The van der Waals surface area contributed by atoms with Crippen molar-refractivity contribution in [2.75, 3.05) is 0 Å². The number of benzene rings is 3. The van der Waals surface area contributed by atoms with Crippen molar-refractivity contribution in [3.63, 3.8) is 0 Å². The fourth-order valence-electron chi connectivity index (χ4n) is 3.76. The van der Waals surface area contributed by atoms with E-state index in [1.807, 2.05) is 67.6 Å². The van der Waals surface area contributed by atoms with Gasteiger partial charge in [0.1, 0.15) is 17.6 Å². The lowest BCUT2D eigenvalue weighted by molar-refractivity contribution is -0.131. The lowest BCUT2D eigenvalue weighted by Gasteiger charge is -2.38. The smallest absolute Gasteiger partial charge is 0.308 e. The second-order valence-electron chi connectivity index (χ2n) is 7.12. The number of fused-ring (bicyclic) bond motifs is 1. The maximum Gasteiger partial charge on any atom is 0.308 e. The molecule has 3 aromatic rings. The summed E-state index contributed by atoms with van der Waals surface area (Å²) in [5, 5.41) is 11.2. The molecule has 1 heterocycles. The minimum Gasteiger partial charge on any atom is -0.485 e. The predicted molar refractivity (Wildman–Crippen MR) is 106 cm³/mol. The highest BCUT2D eigenvalue weighted by Gasteiger charge is 2.39. The third-order valence-electron chi connectivity index (χ3n) is 5.06. The Bertz CT molecular complexity index is 979. The average Bonchev–Trinajstić information content (AvgIpc) is 2.69. The van der Waals surface area contributed by atoms with Crippen molar-refractivity contribution < 1.29 is 19.4 Å². The van der Waals surface area contributed by atoms with Gasteiger partial charge in [-0.2, -0.15) is 0 Å². The monoisotopic (exact) mass is 374 g/mol. The van der Waals surface area contributed by atoms with E-state index in [2.05, 4.69) is 0 Å². The maximum atomic E-state index is 11.2. The number of rotatable bonds is 3. The van der Waals surface area contributed by atoms with Crippen molar-refractivity contribution in [3.8, 4) is 11.5 Å². The van der Waals surface area contributed by atoms with Crippen LogP contribution in [0.25, 0.3) is 0 Å². The normalized spacial score (nSPS) is 20.8. The van der Waals surface area contributed by atoms with Crippen molar-refractivity contribution >= 4 is 5.97 Å². The molecule has 142 valence electrons. The highest BCUT2D eigenvalue weighted by atomic mass is 16.5. The molecule has 4 heteroatoms. The van der Waals surface area contributed by atoms with Gasteiger partial charge in [-0.1, -0.05) is 54.6 Å². The Labute approximate surface area is 164 Å². The van der Waals surface area contributed by atoms with Crippen LogP contribution >= 0.6 is 0 Å². The molecule has 1 aliphatic heterocycles. The molecule has 0 radical (unpaired) electrons. The zero-order chi connectivity index (χ0) is 19.7. The molecule has 0 amide bonds. The first kappa shape index (κ1) is 18.3. The van der Waals surface area contributed by atoms with Gasteiger partial charge in [-0.3, -0.25) is 4.79 Å². The number of aliphatic hydroxyl groups excluding tert-OH is 1. The first-order valence-corrected chi connectivity index (χ1v) is 9.31. The van der Waals surface area contributed by atoms with Crippen molar-refractivity contribution in [1.29, 1.82) is 0 Å². The van der Waals surface area contributed by atoms with Gasteiger partial charge in [0.15, 0.2) is 0 Å². The predicted octanol–water partition coefficient (Wildman–Crippen LogP) is 4.87. The first-order valence-electron chi connectivity index (χ1n) is 9.31. The van der Waals surface area contributed by atoms with E-state index in [0.29, 0.717) is 11.5 Å². The summed E-state index contributed by atoms with van der Waals surface area (Å²) in [6.45, 7) is 3.38. The Morgan fingerprint density at radius 3 is 2.36 bits per heavy atom. The molecular formula is C24H22O4. The minimum absolute atomic E-state index is 0.288. The lowest BCUT2D eigenvalue weighted by Crippen LogP contribution is -2.28. The molecule has 1 N–H and O–H groups in total. The Morgan fingerprint density at radius 1 is 0.964 bits per heavy atom. The summed E-state index contributed by atoms with van der Waals surface area (Å²) >= 11 is 0. The topological polar surface area (TPSA) is 55.8 Å². The summed E-state index contributed by atoms with van der Waals surface area (Å²) in [6.07, 6.45) is -1.04. The molecule has 0 bridgehead atoms. The van der Waals surface area contributed by atoms with Crippen LogP contribution < -0.4 is 9.47 Å². The third-order valence-corrected chi connectivity index (χ3v) is 5.06. The fraction of sp³-hybridized carbons (Fsp3) is 0.208. The quantitative estimate of drug-likeness (QED) is 0.525. The highest BCUT2D eigenvalue weighted by Crippen LogP contribution is 2.50. The van der Waals surface area contributed by atoms with Gasteiger partial charge < -0.3 is 14.6 Å². The lowest BCUT2D eigenvalue weighted by atomic mass is 9.79. The first-order chi connectivity index (χ1) is 13.5. The van der Waals surface area contributed by atoms with Gasteiger partial charge in [0, 0.05) is 12.5 Å². The zero-order valence-electron chi connectivity index (χ0n) is 15.8. The molecule has 3 aromatic carbocycles. The van der Waals surface area contributed by atoms with Crippen LogP contribution in [-0.2, 0) is 4.79 Å². The summed E-state index contributed by atoms with van der Waals surface area (Å²) in [6, 6.07) is 23.1. The van der Waals surface area contributed by atoms with Gasteiger partial charge in [0.2, 0.25) is 0 Å². The second kappa shape index (κ2) is 7.49. The van der Waals surface area contributed by atoms with Crippen LogP contribution in [-0.4, -0.2) is 11.1 Å². The summed E-state index contributed by atoms with van der Waals surface area (Å²) in [5.41, 5.74) is 3.79. The van der Waals surface area contributed by atoms with E-state index in [4.69, 9.17) is 9.47 Å². The molecule has 0 aliphatic carbocycles. The number of aliphatic hydroxyl groups is 1. The molecule has 3 atom stereocenters. The fourth-order valence-corrected chi connectivity index (χ4v) is 3.76. The van der Waals surface area contributed by atoms with Gasteiger partial charge in [0.25, 0.3) is 0 Å². The minimum atomic E-state index is -0.714. The summed E-state index contributed by atoms with van der Waals surface area (Å²) in [4.78, 5) is 11.2. The van der Waals surface area contributed by atoms with Crippen LogP contribution in [0.3, 0.4) is 0 Å². The molecule has 4 nitrogen and oxygen atoms in total. The van der Waals surface area contributed by atoms with Gasteiger partial charge in [-0.15, -0.1) is 0 Å². The standard InChI is InChI=1S/C24H22O4/c1-15-8-13-20-21(14-15)28-24(18-6-4-3-5-7-18)22(23(20)26)17-9-11-19(12-10-17)27-16(2)25/h3-14,22-24,26H,1-2H3. The van der Waals surface area contributed by atoms with Crippen LogP contribution in [0.5, 0.6) is 11.5 Å². The molecule has 0 aromatic heterocycles. The highest BCUT2D eigenvalue weighted by molar-refractivity contribution is 5.69. The molecule has 3 unspecified atom stereocenters. The number of aryl methyl sites for hydroxylation is 1. The number of carbonyl (C=O) groups is 1. The number of esters is 1. The van der Waals surface area contributed by atoms with E-state index in [-0.39, 0.29) is 18.0 Å². The van der Waals surface area contributed by atoms with Crippen LogP contribution in [0.4, 0.5) is 0 Å². The molecule has 0 fully saturated rings. The van der Waals surface area contributed by atoms with E-state index in [1.165, 1.54) is 6.92 Å². The maximum absolute atomic E-state index is 11.2. The third kappa shape index (κ3) is 3.51. The second-order valence-corrected chi connectivity index (χ2v) is 7.12. The van der Waals surface area contributed by atoms with Gasteiger partial charge in [-0.05, 0) is 41.8 Å². The molecule has 0 spiro atoms. The van der Waals surface area contributed by atoms with Gasteiger partial charge in [-0.25, -0.2) is 0 Å². The Hall–Kier alpha value is -3.11. The summed E-state index contributed by atoms with van der Waals surface area (Å²) < 4.78 is 11.5. The zero-order valence-corrected chi connectivity index (χ0v) is 15.8. The number of hydrogen-bond donors (Lipinski definition) is 1. The Balaban J connectivity index is 1.77. The average molecular weight is 374 g/mol. The van der Waals surface area contributed by atoms with E-state index < -0.39 is 6.10 Å². The van der Waals surface area contributed by atoms with Gasteiger partial charge in [0.05, 0.1) is 12.0 Å². The van der Waals surface area contributed by atoms with E-state index in [1.54, 1.807) is 12.1 Å². The van der Waals surface area contributed by atoms with E-state index in [0.717, 1.165) is 22.3 Å². The number of hydrogen-bond acceptors (Lipinski definition) is 4. The van der Waals surface area contributed by atoms with Crippen molar-refractivity contribution in [2.45, 2.75) is 32.0 Å². The molecule has 1 aliphatic rings. The van der Waals surface area contributed by atoms with E-state index >= 15 is 0 Å². The van der Waals surface area contributed by atoms with E-state index in [9.17, 15) is 9.90 Å². The van der Waals surface area contributed by atoms with Crippen LogP contribution in [0, 0.1) is 6.92 Å². The van der Waals surface area contributed by atoms with Gasteiger partial charge >= 0.3 is 5.97 Å². The van der Waals surface area contributed by atoms with Crippen LogP contribution in [0.15, 0.2) is 72.8 Å². The SMILES string of the molecule is CC(=O)Oc1ccc(C2C(O)c3ccc(C)cc3OC2c2ccccc2)cc1. The molecule has 0 saturated heterocycles. The molecular weight excluding hydrogens is 352 g/mol. The Kier molecular flexibility index (Phi) is 4.88. The number of carbonyl (C=O) groups excluding carboxylic acids is 1. The van der Waals surface area contributed by atoms with Crippen LogP contribution in [0.1, 0.15) is 47.3 Å². The summed E-state index contributed by atoms with van der Waals surface area (Å²) in [5.74, 6) is 0.549. The summed E-state index contributed by atoms with van der Waals surface area (Å²) in [7, 11) is 0. The number of ether oxygens (including phenoxy) is 2. The Morgan fingerprint density at radius 2 is 1.68 bits per heavy atom. The van der Waals surface area contributed by atoms with Crippen molar-refractivity contribution in [3.05, 3.63) is 95.1 Å². The van der Waals surface area contributed by atoms with Crippen molar-refractivity contribution in [2.24, 2.45) is 0 Å². The van der Waals surface area contributed by atoms with Crippen molar-refractivity contribution in [1.82, 2.24) is 0 Å².